The lowest BCUT2D eigenvalue weighted by molar-refractivity contribution is -0.151. The van der Waals surface area contributed by atoms with Crippen molar-refractivity contribution in [2.45, 2.75) is 19.0 Å². The van der Waals surface area contributed by atoms with E-state index < -0.39 is 12.1 Å². The van der Waals surface area contributed by atoms with E-state index in [2.05, 4.69) is 5.32 Å². The maximum Gasteiger partial charge on any atom is 0.253 e. The second kappa shape index (κ2) is 6.87. The fraction of sp³-hybridized carbons (Fsp3) is 0.286. The number of piperazine rings is 2. The van der Waals surface area contributed by atoms with E-state index in [9.17, 15) is 14.4 Å². The lowest BCUT2D eigenvalue weighted by atomic mass is 10.0. The molecule has 0 aliphatic carbocycles. The third-order valence-corrected chi connectivity index (χ3v) is 5.22. The third-order valence-electron chi connectivity index (χ3n) is 5.22. The zero-order chi connectivity index (χ0) is 19.0. The average molecular weight is 363 g/mol. The first-order chi connectivity index (χ1) is 13.0. The van der Waals surface area contributed by atoms with E-state index in [1.165, 1.54) is 0 Å². The van der Waals surface area contributed by atoms with Gasteiger partial charge in [0.25, 0.3) is 5.91 Å². The van der Waals surface area contributed by atoms with Gasteiger partial charge in [0.05, 0.1) is 6.54 Å². The molecule has 0 spiro atoms. The van der Waals surface area contributed by atoms with Crippen molar-refractivity contribution in [3.8, 4) is 11.1 Å². The molecule has 2 aromatic rings. The predicted molar refractivity (Wildman–Crippen MR) is 101 cm³/mol. The Morgan fingerprint density at radius 2 is 1.63 bits per heavy atom. The van der Waals surface area contributed by atoms with Crippen LogP contribution < -0.4 is 5.32 Å². The van der Waals surface area contributed by atoms with Crippen molar-refractivity contribution in [1.29, 1.82) is 0 Å². The summed E-state index contributed by atoms with van der Waals surface area (Å²) in [7, 11) is 0. The van der Waals surface area contributed by atoms with Gasteiger partial charge in [0.2, 0.25) is 11.8 Å². The van der Waals surface area contributed by atoms with Crippen LogP contribution in [-0.2, 0) is 9.59 Å². The molecule has 3 amide bonds. The topological polar surface area (TPSA) is 69.7 Å². The molecule has 0 bridgehead atoms. The fourth-order valence-corrected chi connectivity index (χ4v) is 3.69. The quantitative estimate of drug-likeness (QED) is 0.880. The second-order valence-corrected chi connectivity index (χ2v) is 6.97. The van der Waals surface area contributed by atoms with E-state index in [0.717, 1.165) is 11.1 Å². The standard InChI is InChI=1S/C21H21N3O3/c1-14-20(26)24-12-11-23(13-18(24)19(25)22-14)21(27)17-9-7-16(8-10-17)15-5-3-2-4-6-15/h2-10,14,18H,11-13H2,1H3,(H,22,25)/t14-,18-/m1/s1. The molecule has 138 valence electrons. The molecule has 1 N–H and O–H groups in total. The molecule has 0 aromatic heterocycles. The first-order valence-electron chi connectivity index (χ1n) is 9.10. The summed E-state index contributed by atoms with van der Waals surface area (Å²) in [5.41, 5.74) is 2.72. The summed E-state index contributed by atoms with van der Waals surface area (Å²) in [5, 5.41) is 2.68. The van der Waals surface area contributed by atoms with E-state index >= 15 is 0 Å². The molecule has 2 aromatic carbocycles. The number of amides is 3. The molecule has 0 unspecified atom stereocenters. The summed E-state index contributed by atoms with van der Waals surface area (Å²) in [6, 6.07) is 16.3. The number of carbonyl (C=O) groups is 3. The zero-order valence-corrected chi connectivity index (χ0v) is 15.1. The van der Waals surface area contributed by atoms with Crippen molar-refractivity contribution in [2.75, 3.05) is 19.6 Å². The molecule has 2 fully saturated rings. The molecule has 2 saturated heterocycles. The number of benzene rings is 2. The molecular weight excluding hydrogens is 342 g/mol. The molecule has 2 aliphatic rings. The largest absolute Gasteiger partial charge is 0.343 e. The van der Waals surface area contributed by atoms with Gasteiger partial charge in [-0.2, -0.15) is 0 Å². The van der Waals surface area contributed by atoms with Gasteiger partial charge in [-0.25, -0.2) is 0 Å². The van der Waals surface area contributed by atoms with Crippen LogP contribution in [0.15, 0.2) is 54.6 Å². The monoisotopic (exact) mass is 363 g/mol. The van der Waals surface area contributed by atoms with Crippen LogP contribution >= 0.6 is 0 Å². The Morgan fingerprint density at radius 3 is 2.33 bits per heavy atom. The van der Waals surface area contributed by atoms with Gasteiger partial charge in [0.1, 0.15) is 12.1 Å². The van der Waals surface area contributed by atoms with Gasteiger partial charge in [-0.3, -0.25) is 14.4 Å². The Labute approximate surface area is 157 Å². The molecule has 27 heavy (non-hydrogen) atoms. The maximum absolute atomic E-state index is 12.9. The third kappa shape index (κ3) is 3.18. The zero-order valence-electron chi connectivity index (χ0n) is 15.1. The molecule has 6 nitrogen and oxygen atoms in total. The second-order valence-electron chi connectivity index (χ2n) is 6.97. The van der Waals surface area contributed by atoms with Crippen molar-refractivity contribution in [2.24, 2.45) is 0 Å². The number of rotatable bonds is 2. The van der Waals surface area contributed by atoms with Crippen LogP contribution in [0.3, 0.4) is 0 Å². The first kappa shape index (κ1) is 17.3. The Morgan fingerprint density at radius 1 is 0.963 bits per heavy atom. The summed E-state index contributed by atoms with van der Waals surface area (Å²) in [5.74, 6) is -0.397. The summed E-state index contributed by atoms with van der Waals surface area (Å²) in [4.78, 5) is 40.6. The van der Waals surface area contributed by atoms with Crippen LogP contribution in [0, 0.1) is 0 Å². The highest BCUT2D eigenvalue weighted by atomic mass is 16.2. The number of carbonyl (C=O) groups excluding carboxylic acids is 3. The highest BCUT2D eigenvalue weighted by Gasteiger charge is 2.42. The lowest BCUT2D eigenvalue weighted by Crippen LogP contribution is -2.69. The van der Waals surface area contributed by atoms with E-state index in [1.807, 2.05) is 54.6 Å². The van der Waals surface area contributed by atoms with Gasteiger partial charge in [0.15, 0.2) is 0 Å². The molecular formula is C21H21N3O3. The van der Waals surface area contributed by atoms with Gasteiger partial charge in [-0.15, -0.1) is 0 Å². The number of nitrogens with one attached hydrogen (secondary N) is 1. The molecule has 6 heteroatoms. The Bertz CT molecular complexity index is 879. The van der Waals surface area contributed by atoms with Crippen LogP contribution in [0.2, 0.25) is 0 Å². The minimum absolute atomic E-state index is 0.0843. The number of hydrogen-bond donors (Lipinski definition) is 1. The van der Waals surface area contributed by atoms with Gasteiger partial charge >= 0.3 is 0 Å². The lowest BCUT2D eigenvalue weighted by Gasteiger charge is -2.44. The van der Waals surface area contributed by atoms with Crippen LogP contribution in [0.1, 0.15) is 17.3 Å². The molecule has 2 aliphatic heterocycles. The Hall–Kier alpha value is -3.15. The Balaban J connectivity index is 1.49. The number of hydrogen-bond acceptors (Lipinski definition) is 3. The smallest absolute Gasteiger partial charge is 0.253 e. The van der Waals surface area contributed by atoms with Gasteiger partial charge < -0.3 is 15.1 Å². The number of nitrogens with zero attached hydrogens (tertiary/aromatic N) is 2. The highest BCUT2D eigenvalue weighted by Crippen LogP contribution is 2.21. The maximum atomic E-state index is 12.9. The summed E-state index contributed by atoms with van der Waals surface area (Å²) in [6.45, 7) is 2.72. The molecule has 4 rings (SSSR count). The minimum Gasteiger partial charge on any atom is -0.343 e. The summed E-state index contributed by atoms with van der Waals surface area (Å²) in [6.07, 6.45) is 0. The van der Waals surface area contributed by atoms with Crippen LogP contribution in [0.5, 0.6) is 0 Å². The Kier molecular flexibility index (Phi) is 4.39. The first-order valence-corrected chi connectivity index (χ1v) is 9.10. The normalized spacial score (nSPS) is 22.3. The van der Waals surface area contributed by atoms with Crippen molar-refractivity contribution >= 4 is 17.7 Å². The molecule has 0 saturated carbocycles. The van der Waals surface area contributed by atoms with Gasteiger partial charge in [-0.1, -0.05) is 42.5 Å². The van der Waals surface area contributed by atoms with E-state index in [-0.39, 0.29) is 24.3 Å². The SMILES string of the molecule is C[C@H]1NC(=O)[C@H]2CN(C(=O)c3ccc(-c4ccccc4)cc3)CCN2C1=O. The average Bonchev–Trinajstić information content (AvgIpc) is 2.72. The van der Waals surface area contributed by atoms with Gasteiger partial charge in [0, 0.05) is 18.7 Å². The van der Waals surface area contributed by atoms with E-state index in [4.69, 9.17) is 0 Å². The van der Waals surface area contributed by atoms with Crippen molar-refractivity contribution in [3.05, 3.63) is 60.2 Å². The fourth-order valence-electron chi connectivity index (χ4n) is 3.69. The minimum atomic E-state index is -0.602. The molecule has 2 atom stereocenters. The van der Waals surface area contributed by atoms with Crippen LogP contribution in [-0.4, -0.2) is 59.2 Å². The van der Waals surface area contributed by atoms with Crippen molar-refractivity contribution < 1.29 is 14.4 Å². The van der Waals surface area contributed by atoms with Crippen LogP contribution in [0.25, 0.3) is 11.1 Å². The molecule has 2 heterocycles. The number of fused-ring (bicyclic) bond motifs is 1. The predicted octanol–water partition coefficient (Wildman–Crippen LogP) is 1.52. The van der Waals surface area contributed by atoms with E-state index in [0.29, 0.717) is 18.7 Å². The highest BCUT2D eigenvalue weighted by molar-refractivity contribution is 5.99. The van der Waals surface area contributed by atoms with E-state index in [1.54, 1.807) is 16.7 Å². The molecule has 0 radical (unpaired) electrons. The van der Waals surface area contributed by atoms with Crippen LogP contribution in [0.4, 0.5) is 0 Å². The van der Waals surface area contributed by atoms with Crippen molar-refractivity contribution in [3.63, 3.8) is 0 Å². The van der Waals surface area contributed by atoms with Crippen molar-refractivity contribution in [1.82, 2.24) is 15.1 Å². The van der Waals surface area contributed by atoms with Gasteiger partial charge in [-0.05, 0) is 30.2 Å². The summed E-state index contributed by atoms with van der Waals surface area (Å²) < 4.78 is 0. The summed E-state index contributed by atoms with van der Waals surface area (Å²) >= 11 is 0.